The number of carbonyl (C=O) groups is 1. The summed E-state index contributed by atoms with van der Waals surface area (Å²) in [7, 11) is 0. The summed E-state index contributed by atoms with van der Waals surface area (Å²) < 4.78 is 0.638. The second kappa shape index (κ2) is 4.42. The van der Waals surface area contributed by atoms with E-state index in [0.29, 0.717) is 10.3 Å². The lowest BCUT2D eigenvalue weighted by molar-refractivity contribution is -0.125. The molecular weight excluding hydrogens is 218 g/mol. The van der Waals surface area contributed by atoms with E-state index >= 15 is 0 Å². The van der Waals surface area contributed by atoms with Crippen LogP contribution in [0.4, 0.5) is 0 Å². The predicted molar refractivity (Wildman–Crippen MR) is 61.1 cm³/mol. The Kier molecular flexibility index (Phi) is 3.37. The predicted octanol–water partition coefficient (Wildman–Crippen LogP) is 1.38. The van der Waals surface area contributed by atoms with Crippen LogP contribution in [0.1, 0.15) is 32.0 Å². The molecule has 0 unspecified atom stereocenters. The molecule has 1 aromatic heterocycles. The third kappa shape index (κ3) is 2.72. The highest BCUT2D eigenvalue weighted by atomic mass is 16.5. The van der Waals surface area contributed by atoms with Crippen molar-refractivity contribution in [3.63, 3.8) is 0 Å². The molecule has 1 rings (SSSR count). The largest absolute Gasteiger partial charge is 0.426 e. The van der Waals surface area contributed by atoms with Gasteiger partial charge in [0.2, 0.25) is 0 Å². The Morgan fingerprint density at radius 2 is 2.06 bits per heavy atom. The van der Waals surface area contributed by atoms with Crippen LogP contribution in [0.2, 0.25) is 0 Å². The number of rotatable bonds is 0. The molecule has 0 aliphatic heterocycles. The van der Waals surface area contributed by atoms with Gasteiger partial charge < -0.3 is 5.21 Å². The van der Waals surface area contributed by atoms with Gasteiger partial charge in [0.15, 0.2) is 11.2 Å². The van der Waals surface area contributed by atoms with Crippen molar-refractivity contribution < 1.29 is 10.0 Å². The molecule has 1 heterocycles. The van der Waals surface area contributed by atoms with E-state index < -0.39 is 5.41 Å². The van der Waals surface area contributed by atoms with Crippen LogP contribution in [0.15, 0.2) is 17.1 Å². The second-order valence-corrected chi connectivity index (χ2v) is 4.81. The SMILES string of the molecule is Cc1ccc(=NC(=O)C(C)(C)C)n(O)c1C#N. The van der Waals surface area contributed by atoms with Gasteiger partial charge in [-0.25, -0.2) is 0 Å². The number of hydrogen-bond donors (Lipinski definition) is 1. The molecule has 0 saturated carbocycles. The van der Waals surface area contributed by atoms with E-state index in [-0.39, 0.29) is 17.1 Å². The molecule has 0 aromatic carbocycles. The van der Waals surface area contributed by atoms with Crippen LogP contribution in [0.3, 0.4) is 0 Å². The number of carbonyl (C=O) groups excluding carboxylic acids is 1. The maximum Gasteiger partial charge on any atom is 0.253 e. The van der Waals surface area contributed by atoms with E-state index in [0.717, 1.165) is 0 Å². The molecule has 1 N–H and O–H groups in total. The first-order valence-electron chi connectivity index (χ1n) is 5.18. The van der Waals surface area contributed by atoms with Crippen molar-refractivity contribution in [2.75, 3.05) is 0 Å². The van der Waals surface area contributed by atoms with E-state index in [1.807, 2.05) is 6.07 Å². The third-order valence-electron chi connectivity index (χ3n) is 2.25. The molecule has 0 radical (unpaired) electrons. The molecule has 0 fully saturated rings. The van der Waals surface area contributed by atoms with Crippen molar-refractivity contribution in [3.8, 4) is 6.07 Å². The van der Waals surface area contributed by atoms with Gasteiger partial charge >= 0.3 is 0 Å². The molecule has 1 amide bonds. The average molecular weight is 233 g/mol. The van der Waals surface area contributed by atoms with Crippen LogP contribution in [0.25, 0.3) is 0 Å². The average Bonchev–Trinajstić information content (AvgIpc) is 2.21. The zero-order valence-corrected chi connectivity index (χ0v) is 10.4. The summed E-state index contributed by atoms with van der Waals surface area (Å²) in [5, 5.41) is 18.6. The Labute approximate surface area is 99.6 Å². The number of hydrogen-bond acceptors (Lipinski definition) is 3. The van der Waals surface area contributed by atoms with Gasteiger partial charge in [0, 0.05) is 5.41 Å². The van der Waals surface area contributed by atoms with Gasteiger partial charge in [-0.1, -0.05) is 26.8 Å². The quantitative estimate of drug-likeness (QED) is 0.687. The van der Waals surface area contributed by atoms with Crippen molar-refractivity contribution >= 4 is 5.91 Å². The number of pyridine rings is 1. The van der Waals surface area contributed by atoms with Crippen LogP contribution in [0, 0.1) is 23.7 Å². The fourth-order valence-corrected chi connectivity index (χ4v) is 1.12. The second-order valence-electron chi connectivity index (χ2n) is 4.81. The fourth-order valence-electron chi connectivity index (χ4n) is 1.12. The van der Waals surface area contributed by atoms with Crippen LogP contribution in [-0.2, 0) is 4.79 Å². The molecule has 5 nitrogen and oxygen atoms in total. The summed E-state index contributed by atoms with van der Waals surface area (Å²) in [5.74, 6) is -0.354. The molecule has 5 heteroatoms. The number of aromatic nitrogens is 1. The van der Waals surface area contributed by atoms with E-state index in [1.165, 1.54) is 6.07 Å². The van der Waals surface area contributed by atoms with Crippen LogP contribution < -0.4 is 5.49 Å². The summed E-state index contributed by atoms with van der Waals surface area (Å²) in [6.45, 7) is 6.90. The van der Waals surface area contributed by atoms with Crippen molar-refractivity contribution in [2.24, 2.45) is 10.4 Å². The van der Waals surface area contributed by atoms with E-state index in [9.17, 15) is 10.0 Å². The van der Waals surface area contributed by atoms with Crippen molar-refractivity contribution in [1.29, 1.82) is 5.26 Å². The fraction of sp³-hybridized carbons (Fsp3) is 0.417. The molecule has 0 saturated heterocycles. The van der Waals surface area contributed by atoms with Gasteiger partial charge in [-0.15, -0.1) is 0 Å². The first kappa shape index (κ1) is 13.0. The monoisotopic (exact) mass is 233 g/mol. The molecule has 0 spiro atoms. The number of aryl methyl sites for hydroxylation is 1. The maximum atomic E-state index is 11.7. The van der Waals surface area contributed by atoms with Gasteiger partial charge in [-0.3, -0.25) is 4.79 Å². The van der Waals surface area contributed by atoms with Crippen LogP contribution in [0.5, 0.6) is 0 Å². The third-order valence-corrected chi connectivity index (χ3v) is 2.25. The number of nitrogens with zero attached hydrogens (tertiary/aromatic N) is 3. The van der Waals surface area contributed by atoms with E-state index in [1.54, 1.807) is 33.8 Å². The Hall–Kier alpha value is -2.09. The van der Waals surface area contributed by atoms with E-state index in [4.69, 9.17) is 5.26 Å². The van der Waals surface area contributed by atoms with Crippen LogP contribution in [-0.4, -0.2) is 15.8 Å². The zero-order valence-electron chi connectivity index (χ0n) is 10.4. The molecule has 0 aliphatic rings. The number of nitriles is 1. The minimum Gasteiger partial charge on any atom is -0.426 e. The minimum atomic E-state index is -0.620. The number of amides is 1. The molecule has 90 valence electrons. The highest BCUT2D eigenvalue weighted by Crippen LogP contribution is 2.14. The van der Waals surface area contributed by atoms with Crippen molar-refractivity contribution in [1.82, 2.24) is 4.73 Å². The van der Waals surface area contributed by atoms with Gasteiger partial charge in [0.1, 0.15) is 6.07 Å². The summed E-state index contributed by atoms with van der Waals surface area (Å²) in [6.07, 6.45) is 0. The lowest BCUT2D eigenvalue weighted by Gasteiger charge is -2.12. The topological polar surface area (TPSA) is 78.4 Å². The van der Waals surface area contributed by atoms with Gasteiger partial charge in [-0.05, 0) is 18.6 Å². The zero-order chi connectivity index (χ0) is 13.2. The smallest absolute Gasteiger partial charge is 0.253 e. The first-order valence-corrected chi connectivity index (χ1v) is 5.18. The Balaban J connectivity index is 3.41. The maximum absolute atomic E-state index is 11.7. The molecule has 0 bridgehead atoms. The standard InChI is InChI=1S/C12H15N3O2/c1-8-5-6-10(15(17)9(8)7-13)14-11(16)12(2,3)4/h5-6,17H,1-4H3. The highest BCUT2D eigenvalue weighted by Gasteiger charge is 2.20. The molecular formula is C12H15N3O2. The Morgan fingerprint density at radius 1 is 1.47 bits per heavy atom. The molecule has 17 heavy (non-hydrogen) atoms. The summed E-state index contributed by atoms with van der Waals surface area (Å²) >= 11 is 0. The molecule has 0 aliphatic carbocycles. The highest BCUT2D eigenvalue weighted by molar-refractivity contribution is 5.82. The van der Waals surface area contributed by atoms with Gasteiger partial charge in [0.25, 0.3) is 5.91 Å². The van der Waals surface area contributed by atoms with E-state index in [2.05, 4.69) is 4.99 Å². The van der Waals surface area contributed by atoms with Crippen LogP contribution >= 0.6 is 0 Å². The normalized spacial score (nSPS) is 12.3. The Bertz CT molecular complexity index is 557. The summed E-state index contributed by atoms with van der Waals surface area (Å²) in [4.78, 5) is 15.5. The summed E-state index contributed by atoms with van der Waals surface area (Å²) in [5.41, 5.74) is 0.141. The first-order chi connectivity index (χ1) is 7.77. The summed E-state index contributed by atoms with van der Waals surface area (Å²) in [6, 6.07) is 5.00. The van der Waals surface area contributed by atoms with Crippen molar-refractivity contribution in [3.05, 3.63) is 28.9 Å². The van der Waals surface area contributed by atoms with Gasteiger partial charge in [0.05, 0.1) is 0 Å². The lowest BCUT2D eigenvalue weighted by atomic mass is 9.96. The molecule has 1 aromatic rings. The lowest BCUT2D eigenvalue weighted by Crippen LogP contribution is -2.27. The Morgan fingerprint density at radius 3 is 2.53 bits per heavy atom. The minimum absolute atomic E-state index is 0.0621. The van der Waals surface area contributed by atoms with Gasteiger partial charge in [-0.2, -0.15) is 15.0 Å². The molecule has 0 atom stereocenters. The van der Waals surface area contributed by atoms with Crippen molar-refractivity contribution in [2.45, 2.75) is 27.7 Å².